The quantitative estimate of drug-likeness (QED) is 0.807. The van der Waals surface area contributed by atoms with E-state index in [0.29, 0.717) is 6.04 Å². The first-order chi connectivity index (χ1) is 12.9. The molecule has 2 aromatic heterocycles. The van der Waals surface area contributed by atoms with E-state index in [0.717, 1.165) is 44.6 Å². The van der Waals surface area contributed by atoms with Crippen molar-refractivity contribution >= 4 is 5.91 Å². The number of rotatable bonds is 5. The van der Waals surface area contributed by atoms with Crippen LogP contribution in [0.5, 0.6) is 0 Å². The summed E-state index contributed by atoms with van der Waals surface area (Å²) in [4.78, 5) is 21.7. The summed E-state index contributed by atoms with van der Waals surface area (Å²) in [5, 5.41) is 0. The van der Waals surface area contributed by atoms with Gasteiger partial charge in [0.15, 0.2) is 0 Å². The molecule has 1 atom stereocenters. The van der Waals surface area contributed by atoms with E-state index in [1.54, 1.807) is 0 Å². The molecule has 3 heterocycles. The van der Waals surface area contributed by atoms with Crippen molar-refractivity contribution in [1.82, 2.24) is 19.4 Å². The second kappa shape index (κ2) is 8.26. The highest BCUT2D eigenvalue weighted by Crippen LogP contribution is 2.21. The molecular formula is C22H32N4O. The number of hydrogen-bond acceptors (Lipinski definition) is 3. The van der Waals surface area contributed by atoms with Gasteiger partial charge >= 0.3 is 0 Å². The van der Waals surface area contributed by atoms with Gasteiger partial charge in [0.25, 0.3) is 5.91 Å². The molecule has 0 saturated carbocycles. The highest BCUT2D eigenvalue weighted by atomic mass is 16.2. The fraction of sp³-hybridized carbons (Fsp3) is 0.545. The van der Waals surface area contributed by atoms with Crippen LogP contribution in [0, 0.1) is 0 Å². The summed E-state index contributed by atoms with van der Waals surface area (Å²) in [5.41, 5.74) is 2.06. The maximum absolute atomic E-state index is 13.0. The predicted molar refractivity (Wildman–Crippen MR) is 109 cm³/mol. The summed E-state index contributed by atoms with van der Waals surface area (Å²) in [6.07, 6.45) is 9.89. The van der Waals surface area contributed by atoms with Crippen molar-refractivity contribution in [3.8, 4) is 0 Å². The van der Waals surface area contributed by atoms with E-state index in [1.807, 2.05) is 35.8 Å². The summed E-state index contributed by atoms with van der Waals surface area (Å²) in [6.45, 7) is 12.2. The highest BCUT2D eigenvalue weighted by Gasteiger charge is 2.28. The zero-order chi connectivity index (χ0) is 19.4. The summed E-state index contributed by atoms with van der Waals surface area (Å²) in [5.74, 6) is 0.155. The molecule has 1 aliphatic rings. The lowest BCUT2D eigenvalue weighted by Gasteiger charge is -2.39. The second-order valence-corrected chi connectivity index (χ2v) is 8.44. The molecule has 0 bridgehead atoms. The maximum atomic E-state index is 13.0. The topological polar surface area (TPSA) is 41.4 Å². The monoisotopic (exact) mass is 368 g/mol. The van der Waals surface area contributed by atoms with Crippen molar-refractivity contribution in [3.05, 3.63) is 54.1 Å². The number of piperidine rings is 1. The van der Waals surface area contributed by atoms with Crippen molar-refractivity contribution in [1.29, 1.82) is 0 Å². The number of hydrogen-bond donors (Lipinski definition) is 0. The van der Waals surface area contributed by atoms with Crippen LogP contribution in [-0.2, 0) is 12.1 Å². The van der Waals surface area contributed by atoms with Gasteiger partial charge in [0.2, 0.25) is 0 Å². The van der Waals surface area contributed by atoms with Gasteiger partial charge in [-0.25, -0.2) is 0 Å². The number of nitrogens with zero attached hydrogens (tertiary/aromatic N) is 4. The molecule has 0 aromatic carbocycles. The van der Waals surface area contributed by atoms with Crippen molar-refractivity contribution < 1.29 is 4.79 Å². The number of aromatic nitrogens is 2. The number of amides is 1. The Hall–Kier alpha value is -2.14. The molecule has 146 valence electrons. The molecule has 0 unspecified atom stereocenters. The van der Waals surface area contributed by atoms with Crippen molar-refractivity contribution in [2.24, 2.45) is 0 Å². The lowest BCUT2D eigenvalue weighted by Crippen LogP contribution is -2.49. The van der Waals surface area contributed by atoms with Crippen molar-refractivity contribution in [3.63, 3.8) is 0 Å². The van der Waals surface area contributed by atoms with Gasteiger partial charge < -0.3 is 9.47 Å². The number of pyridine rings is 1. The molecular weight excluding hydrogens is 336 g/mol. The van der Waals surface area contributed by atoms with Gasteiger partial charge in [-0.3, -0.25) is 14.7 Å². The van der Waals surface area contributed by atoms with E-state index < -0.39 is 0 Å². The Balaban J connectivity index is 1.67. The Labute approximate surface area is 163 Å². The molecule has 5 heteroatoms. The smallest absolute Gasteiger partial charge is 0.255 e. The molecule has 0 aliphatic carbocycles. The molecule has 1 aliphatic heterocycles. The summed E-state index contributed by atoms with van der Waals surface area (Å²) in [7, 11) is 0. The van der Waals surface area contributed by atoms with E-state index in [4.69, 9.17) is 0 Å². The van der Waals surface area contributed by atoms with Crippen LogP contribution < -0.4 is 0 Å². The van der Waals surface area contributed by atoms with E-state index in [9.17, 15) is 4.79 Å². The van der Waals surface area contributed by atoms with Crippen molar-refractivity contribution in [2.45, 2.75) is 58.7 Å². The van der Waals surface area contributed by atoms with E-state index in [-0.39, 0.29) is 11.4 Å². The minimum absolute atomic E-state index is 0.00743. The molecule has 1 amide bonds. The van der Waals surface area contributed by atoms with Crippen LogP contribution in [0.3, 0.4) is 0 Å². The maximum Gasteiger partial charge on any atom is 0.255 e. The third-order valence-electron chi connectivity index (χ3n) is 5.46. The van der Waals surface area contributed by atoms with Gasteiger partial charge in [0, 0.05) is 56.0 Å². The van der Waals surface area contributed by atoms with Crippen LogP contribution >= 0.6 is 0 Å². The van der Waals surface area contributed by atoms with E-state index >= 15 is 0 Å². The number of carbonyl (C=O) groups excluding carboxylic acids is 1. The first-order valence-electron chi connectivity index (χ1n) is 9.99. The Morgan fingerprint density at radius 2 is 2.00 bits per heavy atom. The van der Waals surface area contributed by atoms with E-state index in [1.165, 1.54) is 5.56 Å². The third-order valence-corrected chi connectivity index (χ3v) is 5.46. The standard InChI is InChI=1S/C22H32N4O/c1-5-24(15-18-8-11-23-12-9-18)20-7-6-13-25(17-20)21(27)19-10-14-26(16-19)22(2,3)4/h8-12,14,16,20H,5-7,13,15,17H2,1-4H3/t20-/m1/s1. The molecule has 27 heavy (non-hydrogen) atoms. The minimum Gasteiger partial charge on any atom is -0.348 e. The van der Waals surface area contributed by atoms with Crippen LogP contribution in [0.2, 0.25) is 0 Å². The fourth-order valence-electron chi connectivity index (χ4n) is 3.78. The average Bonchev–Trinajstić information content (AvgIpc) is 3.17. The van der Waals surface area contributed by atoms with Gasteiger partial charge in [0.05, 0.1) is 5.56 Å². The van der Waals surface area contributed by atoms with Gasteiger partial charge in [0.1, 0.15) is 0 Å². The SMILES string of the molecule is CCN(Cc1ccncc1)[C@@H]1CCCN(C(=O)c2ccn(C(C)(C)C)c2)C1. The Bertz CT molecular complexity index is 747. The number of likely N-dealkylation sites (tertiary alicyclic amines) is 1. The first-order valence-corrected chi connectivity index (χ1v) is 9.99. The van der Waals surface area contributed by atoms with Crippen LogP contribution in [0.4, 0.5) is 0 Å². The largest absolute Gasteiger partial charge is 0.348 e. The van der Waals surface area contributed by atoms with Gasteiger partial charge in [-0.05, 0) is 63.9 Å². The fourth-order valence-corrected chi connectivity index (χ4v) is 3.78. The van der Waals surface area contributed by atoms with E-state index in [2.05, 4.69) is 54.3 Å². The summed E-state index contributed by atoms with van der Waals surface area (Å²) in [6, 6.07) is 6.50. The zero-order valence-corrected chi connectivity index (χ0v) is 17.1. The lowest BCUT2D eigenvalue weighted by atomic mass is 10.0. The molecule has 0 radical (unpaired) electrons. The molecule has 1 fully saturated rings. The predicted octanol–water partition coefficient (Wildman–Crippen LogP) is 3.76. The lowest BCUT2D eigenvalue weighted by molar-refractivity contribution is 0.0569. The summed E-state index contributed by atoms with van der Waals surface area (Å²) >= 11 is 0. The van der Waals surface area contributed by atoms with Gasteiger partial charge in [-0.1, -0.05) is 6.92 Å². The Kier molecular flexibility index (Phi) is 6.00. The zero-order valence-electron chi connectivity index (χ0n) is 17.1. The second-order valence-electron chi connectivity index (χ2n) is 8.44. The van der Waals surface area contributed by atoms with Crippen LogP contribution in [0.25, 0.3) is 0 Å². The molecule has 1 saturated heterocycles. The molecule has 0 N–H and O–H groups in total. The van der Waals surface area contributed by atoms with Crippen LogP contribution in [0.1, 0.15) is 56.5 Å². The van der Waals surface area contributed by atoms with Crippen molar-refractivity contribution in [2.75, 3.05) is 19.6 Å². The summed E-state index contributed by atoms with van der Waals surface area (Å²) < 4.78 is 2.11. The Morgan fingerprint density at radius 1 is 1.26 bits per heavy atom. The normalized spacial score (nSPS) is 18.1. The van der Waals surface area contributed by atoms with Crippen LogP contribution in [0.15, 0.2) is 43.0 Å². The third kappa shape index (κ3) is 4.78. The number of carbonyl (C=O) groups is 1. The Morgan fingerprint density at radius 3 is 2.63 bits per heavy atom. The van der Waals surface area contributed by atoms with Gasteiger partial charge in [-0.15, -0.1) is 0 Å². The van der Waals surface area contributed by atoms with Gasteiger partial charge in [-0.2, -0.15) is 0 Å². The van der Waals surface area contributed by atoms with Crippen LogP contribution in [-0.4, -0.2) is 50.9 Å². The molecule has 2 aromatic rings. The molecule has 0 spiro atoms. The number of likely N-dealkylation sites (N-methyl/N-ethyl adjacent to an activating group) is 1. The minimum atomic E-state index is -0.00743. The molecule has 5 nitrogen and oxygen atoms in total. The highest BCUT2D eigenvalue weighted by molar-refractivity contribution is 5.94. The average molecular weight is 369 g/mol. The first kappa shape index (κ1) is 19.6. The molecule has 3 rings (SSSR count).